The monoisotopic (exact) mass is 432 g/mol. The summed E-state index contributed by atoms with van der Waals surface area (Å²) in [5.74, 6) is 0.645. The van der Waals surface area contributed by atoms with Crippen LogP contribution in [0.4, 0.5) is 10.7 Å². The van der Waals surface area contributed by atoms with E-state index in [0.717, 1.165) is 11.9 Å². The van der Waals surface area contributed by atoms with Crippen LogP contribution in [0, 0.1) is 0 Å². The lowest BCUT2D eigenvalue weighted by Crippen LogP contribution is -2.45. The summed E-state index contributed by atoms with van der Waals surface area (Å²) in [7, 11) is -0.485. The molecule has 0 aromatic carbocycles. The van der Waals surface area contributed by atoms with Crippen molar-refractivity contribution in [3.8, 4) is 0 Å². The molecule has 31 heavy (non-hydrogen) atoms. The van der Waals surface area contributed by atoms with Crippen LogP contribution in [0.5, 0.6) is 0 Å². The molecule has 2 saturated heterocycles. The van der Waals surface area contributed by atoms with Crippen LogP contribution < -0.4 is 10.4 Å². The molecule has 0 bridgehead atoms. The first-order valence-electron chi connectivity index (χ1n) is 11.1. The van der Waals surface area contributed by atoms with Gasteiger partial charge in [-0.05, 0) is 68.7 Å². The number of hydrogen-bond donors (Lipinski definition) is 0. The molecule has 9 heteroatoms. The zero-order chi connectivity index (χ0) is 23.2. The van der Waals surface area contributed by atoms with Crippen molar-refractivity contribution >= 4 is 24.6 Å². The second-order valence-corrected chi connectivity index (χ2v) is 10.8. The fraction of sp³-hybridized carbons (Fsp3) is 0.773. The van der Waals surface area contributed by atoms with E-state index in [9.17, 15) is 4.79 Å². The second kappa shape index (κ2) is 8.24. The maximum absolute atomic E-state index is 12.5. The number of ether oxygens (including phenoxy) is 1. The predicted octanol–water partition coefficient (Wildman–Crippen LogP) is 3.00. The molecule has 1 unspecified atom stereocenters. The van der Waals surface area contributed by atoms with Crippen LogP contribution >= 0.6 is 0 Å². The first kappa shape index (κ1) is 23.8. The molecule has 0 spiro atoms. The standard InChI is InChI=1S/C22H37BN4O4/c1-15(2)27(17-10-11-26(14-17)19(28)29-20(3,4)5)18-24-12-16(13-25-18)23-30-21(6,7)22(8,9)31-23/h12-13,15,17H,10-11,14H2,1-9H3. The third-order valence-corrected chi connectivity index (χ3v) is 6.18. The van der Waals surface area contributed by atoms with Crippen molar-refractivity contribution in [2.45, 2.75) is 97.6 Å². The normalized spacial score (nSPS) is 22.8. The van der Waals surface area contributed by atoms with Crippen molar-refractivity contribution in [3.05, 3.63) is 12.4 Å². The molecule has 1 amide bonds. The Bertz CT molecular complexity index is 776. The number of rotatable bonds is 4. The number of anilines is 1. The van der Waals surface area contributed by atoms with E-state index in [-0.39, 0.29) is 18.2 Å². The summed E-state index contributed by atoms with van der Waals surface area (Å²) >= 11 is 0. The molecular formula is C22H37BN4O4. The molecule has 1 aromatic rings. The summed E-state index contributed by atoms with van der Waals surface area (Å²) in [6.07, 6.45) is 4.14. The van der Waals surface area contributed by atoms with Gasteiger partial charge in [0.05, 0.1) is 17.2 Å². The van der Waals surface area contributed by atoms with Gasteiger partial charge in [0, 0.05) is 37.0 Å². The zero-order valence-electron chi connectivity index (χ0n) is 20.4. The van der Waals surface area contributed by atoms with Crippen LogP contribution in [0.15, 0.2) is 12.4 Å². The van der Waals surface area contributed by atoms with Gasteiger partial charge in [-0.25, -0.2) is 14.8 Å². The lowest BCUT2D eigenvalue weighted by molar-refractivity contribution is 0.00578. The van der Waals surface area contributed by atoms with Gasteiger partial charge in [0.25, 0.3) is 0 Å². The first-order valence-corrected chi connectivity index (χ1v) is 11.1. The van der Waals surface area contributed by atoms with Crippen LogP contribution in [0.2, 0.25) is 0 Å². The zero-order valence-corrected chi connectivity index (χ0v) is 20.4. The van der Waals surface area contributed by atoms with Crippen LogP contribution in [-0.4, -0.2) is 70.1 Å². The third-order valence-electron chi connectivity index (χ3n) is 6.18. The summed E-state index contributed by atoms with van der Waals surface area (Å²) in [4.78, 5) is 25.7. The van der Waals surface area contributed by atoms with Gasteiger partial charge in [0.1, 0.15) is 5.60 Å². The number of hydrogen-bond acceptors (Lipinski definition) is 7. The van der Waals surface area contributed by atoms with E-state index in [1.165, 1.54) is 0 Å². The molecule has 3 heterocycles. The first-order chi connectivity index (χ1) is 14.2. The van der Waals surface area contributed by atoms with Crippen molar-refractivity contribution in [1.82, 2.24) is 14.9 Å². The molecule has 1 aromatic heterocycles. The molecule has 172 valence electrons. The molecule has 2 aliphatic heterocycles. The maximum atomic E-state index is 12.5. The Balaban J connectivity index is 1.71. The molecule has 2 aliphatic rings. The topological polar surface area (TPSA) is 77.0 Å². The Morgan fingerprint density at radius 2 is 1.74 bits per heavy atom. The molecule has 0 N–H and O–H groups in total. The minimum atomic E-state index is -0.501. The van der Waals surface area contributed by atoms with Crippen LogP contribution in [0.1, 0.15) is 68.7 Å². The van der Waals surface area contributed by atoms with Gasteiger partial charge in [0.15, 0.2) is 0 Å². The van der Waals surface area contributed by atoms with Gasteiger partial charge in [-0.1, -0.05) is 0 Å². The number of likely N-dealkylation sites (tertiary alicyclic amines) is 1. The van der Waals surface area contributed by atoms with Crippen molar-refractivity contribution in [1.29, 1.82) is 0 Å². The quantitative estimate of drug-likeness (QED) is 0.677. The summed E-state index contributed by atoms with van der Waals surface area (Å²) in [6, 6.07) is 0.321. The van der Waals surface area contributed by atoms with Crippen molar-refractivity contribution in [2.24, 2.45) is 0 Å². The highest BCUT2D eigenvalue weighted by Gasteiger charge is 2.52. The molecule has 8 nitrogen and oxygen atoms in total. The predicted molar refractivity (Wildman–Crippen MR) is 122 cm³/mol. The van der Waals surface area contributed by atoms with Gasteiger partial charge < -0.3 is 23.8 Å². The lowest BCUT2D eigenvalue weighted by Gasteiger charge is -2.33. The van der Waals surface area contributed by atoms with Crippen LogP contribution in [0.25, 0.3) is 0 Å². The maximum Gasteiger partial charge on any atom is 0.498 e. The van der Waals surface area contributed by atoms with E-state index >= 15 is 0 Å². The average Bonchev–Trinajstić information content (AvgIpc) is 3.17. The summed E-state index contributed by atoms with van der Waals surface area (Å²) < 4.78 is 17.7. The fourth-order valence-electron chi connectivity index (χ4n) is 3.84. The Hall–Kier alpha value is -1.87. The molecule has 1 atom stereocenters. The molecule has 2 fully saturated rings. The Morgan fingerprint density at radius 1 is 1.19 bits per heavy atom. The second-order valence-electron chi connectivity index (χ2n) is 10.8. The minimum absolute atomic E-state index is 0.134. The highest BCUT2D eigenvalue weighted by molar-refractivity contribution is 6.61. The number of carbonyl (C=O) groups excluding carboxylic acids is 1. The largest absolute Gasteiger partial charge is 0.498 e. The van der Waals surface area contributed by atoms with Crippen LogP contribution in [-0.2, 0) is 14.0 Å². The number of carbonyl (C=O) groups is 1. The van der Waals surface area contributed by atoms with E-state index in [1.807, 2.05) is 48.5 Å². The summed E-state index contributed by atoms with van der Waals surface area (Å²) in [6.45, 7) is 19.2. The third kappa shape index (κ3) is 5.14. The van der Waals surface area contributed by atoms with Crippen molar-refractivity contribution in [2.75, 3.05) is 18.0 Å². The van der Waals surface area contributed by atoms with Gasteiger partial charge >= 0.3 is 13.2 Å². The van der Waals surface area contributed by atoms with E-state index in [2.05, 4.69) is 28.7 Å². The minimum Gasteiger partial charge on any atom is -0.444 e. The van der Waals surface area contributed by atoms with Crippen molar-refractivity contribution < 1.29 is 18.8 Å². The van der Waals surface area contributed by atoms with Gasteiger partial charge in [0.2, 0.25) is 5.95 Å². The Kier molecular flexibility index (Phi) is 6.33. The Labute approximate surface area is 186 Å². The summed E-state index contributed by atoms with van der Waals surface area (Å²) in [5, 5.41) is 0. The summed E-state index contributed by atoms with van der Waals surface area (Å²) in [5.41, 5.74) is -0.517. The number of aromatic nitrogens is 2. The van der Waals surface area contributed by atoms with E-state index in [4.69, 9.17) is 14.0 Å². The fourth-order valence-corrected chi connectivity index (χ4v) is 3.84. The van der Waals surface area contributed by atoms with Crippen molar-refractivity contribution in [3.63, 3.8) is 0 Å². The highest BCUT2D eigenvalue weighted by atomic mass is 16.7. The molecule has 0 radical (unpaired) electrons. The van der Waals surface area contributed by atoms with Gasteiger partial charge in [-0.15, -0.1) is 0 Å². The molecular weight excluding hydrogens is 395 g/mol. The smallest absolute Gasteiger partial charge is 0.444 e. The van der Waals surface area contributed by atoms with Gasteiger partial charge in [-0.3, -0.25) is 0 Å². The molecule has 0 saturated carbocycles. The highest BCUT2D eigenvalue weighted by Crippen LogP contribution is 2.36. The molecule has 0 aliphatic carbocycles. The number of nitrogens with zero attached hydrogens (tertiary/aromatic N) is 4. The number of amides is 1. The van der Waals surface area contributed by atoms with E-state index in [1.54, 1.807) is 17.3 Å². The SMILES string of the molecule is CC(C)N(c1ncc(B2OC(C)(C)C(C)(C)O2)cn1)C1CCN(C(=O)OC(C)(C)C)C1. The lowest BCUT2D eigenvalue weighted by atomic mass is 9.81. The van der Waals surface area contributed by atoms with Crippen LogP contribution in [0.3, 0.4) is 0 Å². The van der Waals surface area contributed by atoms with E-state index < -0.39 is 23.9 Å². The van der Waals surface area contributed by atoms with Gasteiger partial charge in [-0.2, -0.15) is 0 Å². The Morgan fingerprint density at radius 3 is 2.23 bits per heavy atom. The van der Waals surface area contributed by atoms with E-state index in [0.29, 0.717) is 19.0 Å². The molecule has 3 rings (SSSR count). The average molecular weight is 432 g/mol.